The number of nitrogens with one attached hydrogen (secondary N) is 1. The molecule has 0 aromatic carbocycles. The quantitative estimate of drug-likeness (QED) is 0.765. The first-order chi connectivity index (χ1) is 8.03. The fourth-order valence-electron chi connectivity index (χ4n) is 1.61. The molecule has 1 aromatic rings. The number of halogens is 1. The Bertz CT molecular complexity index is 335. The minimum absolute atomic E-state index is 0.121. The number of carbonyl (C=O) groups excluding carboxylic acids is 1. The van der Waals surface area contributed by atoms with Crippen LogP contribution in [0.3, 0.4) is 0 Å². The van der Waals surface area contributed by atoms with Crippen LogP contribution >= 0.6 is 27.3 Å². The zero-order valence-electron chi connectivity index (χ0n) is 10.5. The summed E-state index contributed by atoms with van der Waals surface area (Å²) in [5.74, 6) is 0.121. The topological polar surface area (TPSA) is 29.1 Å². The van der Waals surface area contributed by atoms with E-state index in [9.17, 15) is 4.79 Å². The van der Waals surface area contributed by atoms with Gasteiger partial charge in [0.15, 0.2) is 0 Å². The van der Waals surface area contributed by atoms with Crippen molar-refractivity contribution in [2.24, 2.45) is 5.41 Å². The van der Waals surface area contributed by atoms with Crippen molar-refractivity contribution >= 4 is 33.2 Å². The average Bonchev–Trinajstić information content (AvgIpc) is 2.77. The van der Waals surface area contributed by atoms with E-state index in [1.54, 1.807) is 11.3 Å². The molecule has 1 aromatic heterocycles. The van der Waals surface area contributed by atoms with Crippen molar-refractivity contribution < 1.29 is 4.79 Å². The number of rotatable bonds is 7. The molecule has 2 nitrogen and oxygen atoms in total. The molecule has 4 heteroatoms. The van der Waals surface area contributed by atoms with Crippen molar-refractivity contribution in [1.29, 1.82) is 0 Å². The summed E-state index contributed by atoms with van der Waals surface area (Å²) in [6.45, 7) is 5.14. The molecule has 0 radical (unpaired) electrons. The molecule has 0 spiro atoms. The number of hydrogen-bond acceptors (Lipinski definition) is 2. The van der Waals surface area contributed by atoms with Crippen LogP contribution < -0.4 is 5.32 Å². The number of hydrogen-bond donors (Lipinski definition) is 1. The zero-order valence-corrected chi connectivity index (χ0v) is 12.9. The summed E-state index contributed by atoms with van der Waals surface area (Å²) in [5.41, 5.74) is 1.28. The Labute approximate surface area is 116 Å². The molecular formula is C13H20BrNOS. The van der Waals surface area contributed by atoms with E-state index in [0.717, 1.165) is 30.3 Å². The molecule has 0 fully saturated rings. The van der Waals surface area contributed by atoms with Crippen LogP contribution in [0.15, 0.2) is 16.8 Å². The maximum absolute atomic E-state index is 11.7. The fourth-order valence-corrected chi connectivity index (χ4v) is 2.56. The van der Waals surface area contributed by atoms with Crippen molar-refractivity contribution in [3.8, 4) is 0 Å². The standard InChI is InChI=1S/C13H20BrNOS/c1-13(2,5-3-6-14)10-15-12(16)8-11-4-7-17-9-11/h4,7,9H,3,5-6,8,10H2,1-2H3,(H,15,16). The predicted molar refractivity (Wildman–Crippen MR) is 77.8 cm³/mol. The molecule has 0 aliphatic rings. The number of thiophene rings is 1. The van der Waals surface area contributed by atoms with Gasteiger partial charge in [0.05, 0.1) is 6.42 Å². The molecule has 17 heavy (non-hydrogen) atoms. The first-order valence-corrected chi connectivity index (χ1v) is 7.94. The highest BCUT2D eigenvalue weighted by Crippen LogP contribution is 2.21. The summed E-state index contributed by atoms with van der Waals surface area (Å²) in [6, 6.07) is 2.00. The lowest BCUT2D eigenvalue weighted by Crippen LogP contribution is -2.34. The predicted octanol–water partition coefficient (Wildman–Crippen LogP) is 3.61. The molecular weight excluding hydrogens is 298 g/mol. The van der Waals surface area contributed by atoms with Crippen LogP contribution in [0.2, 0.25) is 0 Å². The molecule has 96 valence electrons. The van der Waals surface area contributed by atoms with E-state index in [1.807, 2.05) is 16.8 Å². The van der Waals surface area contributed by atoms with Gasteiger partial charge in [-0.3, -0.25) is 4.79 Å². The van der Waals surface area contributed by atoms with Gasteiger partial charge in [-0.15, -0.1) is 0 Å². The molecule has 1 amide bonds. The number of carbonyl (C=O) groups is 1. The summed E-state index contributed by atoms with van der Waals surface area (Å²) in [5, 5.41) is 8.07. The second kappa shape index (κ2) is 7.17. The van der Waals surface area contributed by atoms with E-state index in [1.165, 1.54) is 0 Å². The van der Waals surface area contributed by atoms with Gasteiger partial charge in [0.1, 0.15) is 0 Å². The molecule has 0 bridgehead atoms. The van der Waals surface area contributed by atoms with Crippen molar-refractivity contribution in [2.75, 3.05) is 11.9 Å². The lowest BCUT2D eigenvalue weighted by atomic mass is 9.88. The highest BCUT2D eigenvalue weighted by molar-refractivity contribution is 9.09. The van der Waals surface area contributed by atoms with Gasteiger partial charge in [-0.25, -0.2) is 0 Å². The molecule has 0 aliphatic carbocycles. The van der Waals surface area contributed by atoms with Gasteiger partial charge in [-0.05, 0) is 40.6 Å². The fraction of sp³-hybridized carbons (Fsp3) is 0.615. The van der Waals surface area contributed by atoms with Crippen LogP contribution in [0, 0.1) is 5.41 Å². The largest absolute Gasteiger partial charge is 0.355 e. The smallest absolute Gasteiger partial charge is 0.224 e. The second-order valence-electron chi connectivity index (χ2n) is 5.04. The molecule has 1 rings (SSSR count). The zero-order chi connectivity index (χ0) is 12.7. The molecule has 1 heterocycles. The van der Waals surface area contributed by atoms with Crippen LogP contribution in [0.25, 0.3) is 0 Å². The van der Waals surface area contributed by atoms with Gasteiger partial charge in [-0.2, -0.15) is 11.3 Å². The molecule has 0 aliphatic heterocycles. The van der Waals surface area contributed by atoms with Crippen molar-refractivity contribution in [3.05, 3.63) is 22.4 Å². The van der Waals surface area contributed by atoms with Gasteiger partial charge in [0, 0.05) is 11.9 Å². The Hall–Kier alpha value is -0.350. The molecule has 0 unspecified atom stereocenters. The van der Waals surface area contributed by atoms with Gasteiger partial charge in [0.25, 0.3) is 0 Å². The van der Waals surface area contributed by atoms with Gasteiger partial charge < -0.3 is 5.32 Å². The average molecular weight is 318 g/mol. The van der Waals surface area contributed by atoms with Crippen LogP contribution in [-0.4, -0.2) is 17.8 Å². The Kier molecular flexibility index (Phi) is 6.20. The van der Waals surface area contributed by atoms with E-state index < -0.39 is 0 Å². The van der Waals surface area contributed by atoms with Crippen LogP contribution in [0.5, 0.6) is 0 Å². The van der Waals surface area contributed by atoms with Gasteiger partial charge in [-0.1, -0.05) is 29.8 Å². The second-order valence-corrected chi connectivity index (χ2v) is 6.61. The van der Waals surface area contributed by atoms with E-state index in [-0.39, 0.29) is 11.3 Å². The SMILES string of the molecule is CC(C)(CCCBr)CNC(=O)Cc1ccsc1. The van der Waals surface area contributed by atoms with Crippen LogP contribution in [0.1, 0.15) is 32.3 Å². The third-order valence-electron chi connectivity index (χ3n) is 2.70. The first-order valence-electron chi connectivity index (χ1n) is 5.87. The van der Waals surface area contributed by atoms with E-state index in [2.05, 4.69) is 35.1 Å². The van der Waals surface area contributed by atoms with Crippen molar-refractivity contribution in [1.82, 2.24) is 5.32 Å². The summed E-state index contributed by atoms with van der Waals surface area (Å²) in [4.78, 5) is 11.7. The summed E-state index contributed by atoms with van der Waals surface area (Å²) in [7, 11) is 0. The monoisotopic (exact) mass is 317 g/mol. The lowest BCUT2D eigenvalue weighted by molar-refractivity contribution is -0.120. The Morgan fingerprint density at radius 1 is 1.53 bits per heavy atom. The minimum atomic E-state index is 0.121. The third-order valence-corrected chi connectivity index (χ3v) is 3.99. The summed E-state index contributed by atoms with van der Waals surface area (Å²) in [6.07, 6.45) is 2.77. The van der Waals surface area contributed by atoms with E-state index in [0.29, 0.717) is 6.42 Å². The molecule has 0 saturated carbocycles. The molecule has 0 atom stereocenters. The number of alkyl halides is 1. The first kappa shape index (κ1) is 14.7. The lowest BCUT2D eigenvalue weighted by Gasteiger charge is -2.24. The minimum Gasteiger partial charge on any atom is -0.355 e. The Morgan fingerprint density at radius 3 is 2.88 bits per heavy atom. The summed E-state index contributed by atoms with van der Waals surface area (Å²) >= 11 is 5.07. The van der Waals surface area contributed by atoms with E-state index in [4.69, 9.17) is 0 Å². The van der Waals surface area contributed by atoms with Crippen LogP contribution in [0.4, 0.5) is 0 Å². The third kappa shape index (κ3) is 6.22. The molecule has 0 saturated heterocycles. The molecule has 1 N–H and O–H groups in total. The van der Waals surface area contributed by atoms with E-state index >= 15 is 0 Å². The highest BCUT2D eigenvalue weighted by atomic mass is 79.9. The normalized spacial score (nSPS) is 11.5. The maximum Gasteiger partial charge on any atom is 0.224 e. The van der Waals surface area contributed by atoms with Crippen molar-refractivity contribution in [3.63, 3.8) is 0 Å². The van der Waals surface area contributed by atoms with Gasteiger partial charge in [0.2, 0.25) is 5.91 Å². The van der Waals surface area contributed by atoms with Crippen LogP contribution in [-0.2, 0) is 11.2 Å². The Balaban J connectivity index is 2.27. The number of amides is 1. The Morgan fingerprint density at radius 2 is 2.29 bits per heavy atom. The van der Waals surface area contributed by atoms with Crippen molar-refractivity contribution in [2.45, 2.75) is 33.1 Å². The highest BCUT2D eigenvalue weighted by Gasteiger charge is 2.18. The van der Waals surface area contributed by atoms with Gasteiger partial charge >= 0.3 is 0 Å². The maximum atomic E-state index is 11.7. The summed E-state index contributed by atoms with van der Waals surface area (Å²) < 4.78 is 0.